The lowest BCUT2D eigenvalue weighted by atomic mass is 10.2. The molecule has 0 unspecified atom stereocenters. The maximum Gasteiger partial charge on any atom is 0.279 e. The van der Waals surface area contributed by atoms with Crippen molar-refractivity contribution >= 4 is 23.5 Å². The fraction of sp³-hybridized carbons (Fsp3) is 0. The lowest BCUT2D eigenvalue weighted by Crippen LogP contribution is -1.95. The molecule has 0 spiro atoms. The SMILES string of the molecule is O=[N+]([O-])c1cccc(Cl)c1/C=N/O. The van der Waals surface area contributed by atoms with E-state index >= 15 is 0 Å². The first-order valence-corrected chi connectivity index (χ1v) is 3.65. The molecule has 0 fully saturated rings. The van der Waals surface area contributed by atoms with Gasteiger partial charge >= 0.3 is 0 Å². The molecule has 0 radical (unpaired) electrons. The summed E-state index contributed by atoms with van der Waals surface area (Å²) in [5.41, 5.74) is -0.0954. The Morgan fingerprint density at radius 2 is 2.31 bits per heavy atom. The fourth-order valence-electron chi connectivity index (χ4n) is 0.870. The molecule has 1 rings (SSSR count). The number of nitro benzene ring substituents is 1. The van der Waals surface area contributed by atoms with E-state index in [1.165, 1.54) is 18.2 Å². The summed E-state index contributed by atoms with van der Waals surface area (Å²) in [6.45, 7) is 0. The highest BCUT2D eigenvalue weighted by molar-refractivity contribution is 6.33. The molecule has 0 saturated heterocycles. The van der Waals surface area contributed by atoms with Crippen molar-refractivity contribution < 1.29 is 10.1 Å². The number of hydrogen-bond donors (Lipinski definition) is 1. The van der Waals surface area contributed by atoms with Crippen molar-refractivity contribution in [3.05, 3.63) is 38.9 Å². The zero-order valence-electron chi connectivity index (χ0n) is 6.35. The van der Waals surface area contributed by atoms with Crippen LogP contribution in [0.2, 0.25) is 5.02 Å². The predicted octanol–water partition coefficient (Wildman–Crippen LogP) is 2.06. The average Bonchev–Trinajstić information content (AvgIpc) is 2.08. The summed E-state index contributed by atoms with van der Waals surface area (Å²) < 4.78 is 0. The first-order valence-electron chi connectivity index (χ1n) is 3.27. The zero-order valence-corrected chi connectivity index (χ0v) is 7.10. The highest BCUT2D eigenvalue weighted by Crippen LogP contribution is 2.23. The number of benzene rings is 1. The first kappa shape index (κ1) is 9.47. The van der Waals surface area contributed by atoms with Gasteiger partial charge in [-0.05, 0) is 6.07 Å². The van der Waals surface area contributed by atoms with Crippen LogP contribution in [0.5, 0.6) is 0 Å². The van der Waals surface area contributed by atoms with E-state index in [4.69, 9.17) is 16.8 Å². The van der Waals surface area contributed by atoms with Gasteiger partial charge in [-0.25, -0.2) is 0 Å². The molecule has 6 heteroatoms. The highest BCUT2D eigenvalue weighted by Gasteiger charge is 2.14. The van der Waals surface area contributed by atoms with Gasteiger partial charge < -0.3 is 5.21 Å². The Hall–Kier alpha value is -1.62. The van der Waals surface area contributed by atoms with Crippen LogP contribution in [0.4, 0.5) is 5.69 Å². The topological polar surface area (TPSA) is 75.7 Å². The minimum absolute atomic E-state index is 0.0941. The van der Waals surface area contributed by atoms with E-state index in [-0.39, 0.29) is 16.3 Å². The van der Waals surface area contributed by atoms with Crippen molar-refractivity contribution in [1.29, 1.82) is 0 Å². The van der Waals surface area contributed by atoms with Crippen LogP contribution in [0.3, 0.4) is 0 Å². The molecule has 0 aliphatic heterocycles. The molecule has 13 heavy (non-hydrogen) atoms. The van der Waals surface area contributed by atoms with Crippen molar-refractivity contribution in [1.82, 2.24) is 0 Å². The third kappa shape index (κ3) is 1.94. The maximum atomic E-state index is 10.5. The van der Waals surface area contributed by atoms with Crippen LogP contribution in [0, 0.1) is 10.1 Å². The van der Waals surface area contributed by atoms with Crippen LogP contribution in [-0.4, -0.2) is 16.3 Å². The third-order valence-electron chi connectivity index (χ3n) is 1.41. The minimum atomic E-state index is -0.594. The zero-order chi connectivity index (χ0) is 9.84. The molecule has 0 bridgehead atoms. The van der Waals surface area contributed by atoms with Crippen molar-refractivity contribution in [2.24, 2.45) is 5.16 Å². The molecular weight excluding hydrogens is 196 g/mol. The molecule has 0 atom stereocenters. The van der Waals surface area contributed by atoms with Crippen molar-refractivity contribution in [3.63, 3.8) is 0 Å². The Bertz CT molecular complexity index is 365. The smallest absolute Gasteiger partial charge is 0.279 e. The molecule has 0 heterocycles. The summed E-state index contributed by atoms with van der Waals surface area (Å²) in [7, 11) is 0. The van der Waals surface area contributed by atoms with Crippen molar-refractivity contribution in [2.75, 3.05) is 0 Å². The highest BCUT2D eigenvalue weighted by atomic mass is 35.5. The largest absolute Gasteiger partial charge is 0.411 e. The van der Waals surface area contributed by atoms with Crippen molar-refractivity contribution in [3.8, 4) is 0 Å². The van der Waals surface area contributed by atoms with Gasteiger partial charge in [-0.3, -0.25) is 10.1 Å². The molecule has 1 aromatic rings. The van der Waals surface area contributed by atoms with Gasteiger partial charge in [-0.15, -0.1) is 0 Å². The Balaban J connectivity index is 3.33. The molecule has 68 valence electrons. The Morgan fingerprint density at radius 3 is 2.85 bits per heavy atom. The maximum absolute atomic E-state index is 10.5. The number of nitrogens with zero attached hydrogens (tertiary/aromatic N) is 2. The van der Waals surface area contributed by atoms with Crippen LogP contribution >= 0.6 is 11.6 Å². The van der Waals surface area contributed by atoms with Gasteiger partial charge in [-0.2, -0.15) is 0 Å². The van der Waals surface area contributed by atoms with E-state index in [1.54, 1.807) is 0 Å². The number of nitro groups is 1. The second-order valence-corrected chi connectivity index (χ2v) is 2.58. The number of rotatable bonds is 2. The van der Waals surface area contributed by atoms with Crippen LogP contribution in [0.25, 0.3) is 0 Å². The van der Waals surface area contributed by atoms with Gasteiger partial charge in [0.15, 0.2) is 0 Å². The monoisotopic (exact) mass is 200 g/mol. The molecule has 0 aliphatic rings. The lowest BCUT2D eigenvalue weighted by molar-refractivity contribution is -0.385. The van der Waals surface area contributed by atoms with E-state index in [9.17, 15) is 10.1 Å². The van der Waals surface area contributed by atoms with Crippen molar-refractivity contribution in [2.45, 2.75) is 0 Å². The quantitative estimate of drug-likeness (QED) is 0.344. The minimum Gasteiger partial charge on any atom is -0.411 e. The molecule has 0 saturated carbocycles. The van der Waals surface area contributed by atoms with Gasteiger partial charge in [0.2, 0.25) is 0 Å². The number of halogens is 1. The van der Waals surface area contributed by atoms with E-state index < -0.39 is 4.92 Å². The molecule has 0 aromatic heterocycles. The standard InChI is InChI=1S/C7H5ClN2O3/c8-6-2-1-3-7(10(12)13)5(6)4-9-11/h1-4,11H/b9-4+. The van der Waals surface area contributed by atoms with Gasteiger partial charge in [0.05, 0.1) is 21.7 Å². The normalized spacial score (nSPS) is 10.5. The molecule has 1 aromatic carbocycles. The number of oxime groups is 1. The Kier molecular flexibility index (Phi) is 2.81. The number of hydrogen-bond acceptors (Lipinski definition) is 4. The second kappa shape index (κ2) is 3.86. The van der Waals surface area contributed by atoms with Crippen LogP contribution in [0.15, 0.2) is 23.4 Å². The summed E-state index contributed by atoms with van der Waals surface area (Å²) in [4.78, 5) is 9.86. The Morgan fingerprint density at radius 1 is 1.62 bits per heavy atom. The predicted molar refractivity (Wildman–Crippen MR) is 47.5 cm³/mol. The van der Waals surface area contributed by atoms with Gasteiger partial charge in [-0.1, -0.05) is 22.8 Å². The molecule has 1 N–H and O–H groups in total. The van der Waals surface area contributed by atoms with Crippen LogP contribution < -0.4 is 0 Å². The summed E-state index contributed by atoms with van der Waals surface area (Å²) >= 11 is 5.65. The lowest BCUT2D eigenvalue weighted by Gasteiger charge is -1.97. The van der Waals surface area contributed by atoms with E-state index in [0.29, 0.717) is 0 Å². The van der Waals surface area contributed by atoms with E-state index in [0.717, 1.165) is 6.21 Å². The Labute approximate surface area is 78.4 Å². The van der Waals surface area contributed by atoms with Gasteiger partial charge in [0.25, 0.3) is 5.69 Å². The fourth-order valence-corrected chi connectivity index (χ4v) is 1.09. The average molecular weight is 201 g/mol. The summed E-state index contributed by atoms with van der Waals surface area (Å²) in [6.07, 6.45) is 0.931. The summed E-state index contributed by atoms with van der Waals surface area (Å²) in [5, 5.41) is 21.6. The van der Waals surface area contributed by atoms with Crippen LogP contribution in [-0.2, 0) is 0 Å². The van der Waals surface area contributed by atoms with Gasteiger partial charge in [0.1, 0.15) is 0 Å². The second-order valence-electron chi connectivity index (χ2n) is 2.17. The van der Waals surface area contributed by atoms with E-state index in [2.05, 4.69) is 5.16 Å². The first-order chi connectivity index (χ1) is 6.16. The van der Waals surface area contributed by atoms with E-state index in [1.807, 2.05) is 0 Å². The molecule has 5 nitrogen and oxygen atoms in total. The molecule has 0 amide bonds. The van der Waals surface area contributed by atoms with Crippen LogP contribution in [0.1, 0.15) is 5.56 Å². The summed E-state index contributed by atoms with van der Waals surface area (Å²) in [6, 6.07) is 4.21. The summed E-state index contributed by atoms with van der Waals surface area (Å²) in [5.74, 6) is 0. The molecular formula is C7H5ClN2O3. The third-order valence-corrected chi connectivity index (χ3v) is 1.74. The van der Waals surface area contributed by atoms with Gasteiger partial charge in [0, 0.05) is 6.07 Å². The molecule has 0 aliphatic carbocycles.